The number of nitrogens with zero attached hydrogens (tertiary/aromatic N) is 1. The number of anilines is 1. The van der Waals surface area contributed by atoms with Crippen molar-refractivity contribution in [3.8, 4) is 16.9 Å². The van der Waals surface area contributed by atoms with Crippen LogP contribution in [0.3, 0.4) is 0 Å². The lowest BCUT2D eigenvalue weighted by Gasteiger charge is -2.27. The lowest BCUT2D eigenvalue weighted by molar-refractivity contribution is 0.327. The van der Waals surface area contributed by atoms with E-state index in [1.54, 1.807) is 7.11 Å². The summed E-state index contributed by atoms with van der Waals surface area (Å²) >= 11 is 0. The number of nitrogens with two attached hydrogens (primary N) is 1. The molecule has 4 nitrogen and oxygen atoms in total. The Bertz CT molecular complexity index is 645. The molecule has 0 radical (unpaired) electrons. The second kappa shape index (κ2) is 5.10. The third kappa shape index (κ3) is 2.28. The fourth-order valence-electron chi connectivity index (χ4n) is 3.62. The highest BCUT2D eigenvalue weighted by molar-refractivity contribution is 5.81. The largest absolute Gasteiger partial charge is 0.496 e. The van der Waals surface area contributed by atoms with Gasteiger partial charge in [-0.2, -0.15) is 5.10 Å². The molecule has 1 unspecified atom stereocenters. The van der Waals surface area contributed by atoms with Crippen LogP contribution in [-0.4, -0.2) is 17.3 Å². The Balaban J connectivity index is 2.14. The monoisotopic (exact) mass is 285 g/mol. The first kappa shape index (κ1) is 14.0. The summed E-state index contributed by atoms with van der Waals surface area (Å²) in [6.07, 6.45) is 3.67. The Kier molecular flexibility index (Phi) is 3.40. The number of nitrogen functional groups attached to an aromatic ring is 1. The van der Waals surface area contributed by atoms with E-state index in [1.165, 1.54) is 19.3 Å². The summed E-state index contributed by atoms with van der Waals surface area (Å²) in [6, 6.07) is 7.99. The lowest BCUT2D eigenvalue weighted by atomic mass is 9.78. The second-order valence-corrected chi connectivity index (χ2v) is 6.53. The second-order valence-electron chi connectivity index (χ2n) is 6.53. The average Bonchev–Trinajstić information content (AvgIpc) is 3.00. The fourth-order valence-corrected chi connectivity index (χ4v) is 3.62. The van der Waals surface area contributed by atoms with Crippen LogP contribution in [0.25, 0.3) is 11.1 Å². The first-order valence-corrected chi connectivity index (χ1v) is 7.51. The van der Waals surface area contributed by atoms with E-state index in [0.29, 0.717) is 11.7 Å². The number of ether oxygens (including phenoxy) is 1. The standard InChI is InChI=1S/C17H23N3O/c1-17(2)10-6-8-12(17)15-14(16(18)20-19-15)11-7-4-5-9-13(11)21-3/h4-5,7,9,12H,6,8,10H2,1-3H3,(H3,18,19,20). The van der Waals surface area contributed by atoms with Gasteiger partial charge in [0.05, 0.1) is 12.7 Å². The smallest absolute Gasteiger partial charge is 0.153 e. The molecule has 0 amide bonds. The predicted molar refractivity (Wildman–Crippen MR) is 85.4 cm³/mol. The molecule has 1 aromatic heterocycles. The minimum absolute atomic E-state index is 0.274. The molecule has 1 aliphatic rings. The van der Waals surface area contributed by atoms with Crippen LogP contribution in [-0.2, 0) is 0 Å². The van der Waals surface area contributed by atoms with Gasteiger partial charge >= 0.3 is 0 Å². The lowest BCUT2D eigenvalue weighted by Crippen LogP contribution is -2.16. The number of hydrogen-bond acceptors (Lipinski definition) is 3. The third-order valence-electron chi connectivity index (χ3n) is 4.80. The van der Waals surface area contributed by atoms with E-state index in [0.717, 1.165) is 22.6 Å². The van der Waals surface area contributed by atoms with E-state index < -0.39 is 0 Å². The molecule has 1 atom stereocenters. The summed E-state index contributed by atoms with van der Waals surface area (Å²) in [5.41, 5.74) is 9.61. The van der Waals surface area contributed by atoms with Crippen molar-refractivity contribution in [1.29, 1.82) is 0 Å². The molecule has 112 valence electrons. The van der Waals surface area contributed by atoms with Crippen molar-refractivity contribution < 1.29 is 4.74 Å². The van der Waals surface area contributed by atoms with E-state index in [9.17, 15) is 0 Å². The molecule has 0 spiro atoms. The highest BCUT2D eigenvalue weighted by Gasteiger charge is 2.38. The number of benzene rings is 1. The molecule has 21 heavy (non-hydrogen) atoms. The summed E-state index contributed by atoms with van der Waals surface area (Å²) in [6.45, 7) is 4.65. The minimum atomic E-state index is 0.274. The van der Waals surface area contributed by atoms with Gasteiger partial charge in [0.25, 0.3) is 0 Å². The maximum absolute atomic E-state index is 6.16. The molecule has 0 bridgehead atoms. The van der Waals surface area contributed by atoms with Crippen molar-refractivity contribution in [2.75, 3.05) is 12.8 Å². The van der Waals surface area contributed by atoms with Gasteiger partial charge in [0.1, 0.15) is 5.75 Å². The molecule has 2 aromatic rings. The molecule has 4 heteroatoms. The Hall–Kier alpha value is -1.97. The van der Waals surface area contributed by atoms with Gasteiger partial charge in [-0.25, -0.2) is 0 Å². The SMILES string of the molecule is COc1ccccc1-c1c(N)n[nH]c1C1CCCC1(C)C. The van der Waals surface area contributed by atoms with Crippen LogP contribution in [0.15, 0.2) is 24.3 Å². The topological polar surface area (TPSA) is 63.9 Å². The molecule has 1 aromatic carbocycles. The zero-order valence-corrected chi connectivity index (χ0v) is 12.9. The van der Waals surface area contributed by atoms with Crippen LogP contribution in [0.5, 0.6) is 5.75 Å². The fraction of sp³-hybridized carbons (Fsp3) is 0.471. The van der Waals surface area contributed by atoms with Crippen molar-refractivity contribution in [1.82, 2.24) is 10.2 Å². The highest BCUT2D eigenvalue weighted by atomic mass is 16.5. The zero-order chi connectivity index (χ0) is 15.0. The van der Waals surface area contributed by atoms with Gasteiger partial charge < -0.3 is 10.5 Å². The van der Waals surface area contributed by atoms with Gasteiger partial charge in [0, 0.05) is 17.2 Å². The molecular weight excluding hydrogens is 262 g/mol. The van der Waals surface area contributed by atoms with Crippen LogP contribution in [0.2, 0.25) is 0 Å². The molecule has 3 rings (SSSR count). The number of rotatable bonds is 3. The first-order chi connectivity index (χ1) is 10.0. The van der Waals surface area contributed by atoms with Gasteiger partial charge in [0.2, 0.25) is 0 Å². The maximum atomic E-state index is 6.16. The number of aromatic nitrogens is 2. The Morgan fingerprint density at radius 3 is 2.76 bits per heavy atom. The first-order valence-electron chi connectivity index (χ1n) is 7.51. The Labute approximate surface area is 125 Å². The summed E-state index contributed by atoms with van der Waals surface area (Å²) in [4.78, 5) is 0. The van der Waals surface area contributed by atoms with Gasteiger partial charge in [-0.15, -0.1) is 0 Å². The van der Waals surface area contributed by atoms with E-state index in [1.807, 2.05) is 24.3 Å². The average molecular weight is 285 g/mol. The van der Waals surface area contributed by atoms with Crippen molar-refractivity contribution in [3.05, 3.63) is 30.0 Å². The van der Waals surface area contributed by atoms with Crippen LogP contribution < -0.4 is 10.5 Å². The molecule has 0 saturated heterocycles. The Morgan fingerprint density at radius 1 is 1.33 bits per heavy atom. The molecule has 1 saturated carbocycles. The maximum Gasteiger partial charge on any atom is 0.153 e. The van der Waals surface area contributed by atoms with Gasteiger partial charge in [-0.05, 0) is 24.3 Å². The Morgan fingerprint density at radius 2 is 2.10 bits per heavy atom. The number of H-pyrrole nitrogens is 1. The van der Waals surface area contributed by atoms with Crippen molar-refractivity contribution in [3.63, 3.8) is 0 Å². The van der Waals surface area contributed by atoms with Gasteiger partial charge in [-0.1, -0.05) is 38.5 Å². The number of aromatic amines is 1. The quantitative estimate of drug-likeness (QED) is 0.897. The van der Waals surface area contributed by atoms with Crippen molar-refractivity contribution in [2.24, 2.45) is 5.41 Å². The van der Waals surface area contributed by atoms with E-state index in [4.69, 9.17) is 10.5 Å². The number of hydrogen-bond donors (Lipinski definition) is 2. The van der Waals surface area contributed by atoms with Crippen molar-refractivity contribution in [2.45, 2.75) is 39.0 Å². The summed E-state index contributed by atoms with van der Waals surface area (Å²) < 4.78 is 5.50. The number of nitrogens with one attached hydrogen (secondary N) is 1. The zero-order valence-electron chi connectivity index (χ0n) is 12.9. The molecule has 3 N–H and O–H groups in total. The highest BCUT2D eigenvalue weighted by Crippen LogP contribution is 2.51. The molecule has 1 fully saturated rings. The van der Waals surface area contributed by atoms with E-state index in [2.05, 4.69) is 24.0 Å². The van der Waals surface area contributed by atoms with Gasteiger partial charge in [0.15, 0.2) is 5.82 Å². The summed E-state index contributed by atoms with van der Waals surface area (Å²) in [5.74, 6) is 1.85. The molecule has 1 heterocycles. The van der Waals surface area contributed by atoms with Gasteiger partial charge in [-0.3, -0.25) is 5.10 Å². The van der Waals surface area contributed by atoms with Crippen LogP contribution in [0.4, 0.5) is 5.82 Å². The minimum Gasteiger partial charge on any atom is -0.496 e. The normalized spacial score (nSPS) is 20.6. The summed E-state index contributed by atoms with van der Waals surface area (Å²) in [5, 5.41) is 7.47. The van der Waals surface area contributed by atoms with E-state index in [-0.39, 0.29) is 5.41 Å². The van der Waals surface area contributed by atoms with Crippen molar-refractivity contribution >= 4 is 5.82 Å². The third-order valence-corrected chi connectivity index (χ3v) is 4.80. The van der Waals surface area contributed by atoms with Crippen LogP contribution in [0, 0.1) is 5.41 Å². The number of para-hydroxylation sites is 1. The molecule has 1 aliphatic carbocycles. The summed E-state index contributed by atoms with van der Waals surface area (Å²) in [7, 11) is 1.69. The molecule has 0 aliphatic heterocycles. The van der Waals surface area contributed by atoms with Crippen LogP contribution >= 0.6 is 0 Å². The predicted octanol–water partition coefficient (Wildman–Crippen LogP) is 3.96. The van der Waals surface area contributed by atoms with Crippen LogP contribution in [0.1, 0.15) is 44.7 Å². The number of methoxy groups -OCH3 is 1. The van der Waals surface area contributed by atoms with E-state index >= 15 is 0 Å². The molecular formula is C17H23N3O.